The van der Waals surface area contributed by atoms with E-state index in [0.717, 1.165) is 11.2 Å². The van der Waals surface area contributed by atoms with Crippen molar-refractivity contribution in [2.75, 3.05) is 7.11 Å². The molecule has 108 valence electrons. The lowest BCUT2D eigenvalue weighted by molar-refractivity contribution is 0.0603. The summed E-state index contributed by atoms with van der Waals surface area (Å²) in [7, 11) is 1.31. The number of aromatic nitrogens is 1. The van der Waals surface area contributed by atoms with Crippen molar-refractivity contribution < 1.29 is 9.53 Å². The minimum absolute atomic E-state index is 0.383. The lowest BCUT2D eigenvalue weighted by Gasteiger charge is -2.21. The van der Waals surface area contributed by atoms with Crippen molar-refractivity contribution in [1.29, 1.82) is 0 Å². The molecule has 0 bridgehead atoms. The topological polar surface area (TPSA) is 68.1 Å². The number of nitrogens with two attached hydrogens (primary N) is 1. The van der Waals surface area contributed by atoms with E-state index in [9.17, 15) is 4.79 Å². The summed E-state index contributed by atoms with van der Waals surface area (Å²) in [6.07, 6.45) is 0. The van der Waals surface area contributed by atoms with Gasteiger partial charge in [0, 0.05) is 22.2 Å². The van der Waals surface area contributed by atoms with Crippen molar-refractivity contribution in [1.82, 2.24) is 4.98 Å². The summed E-state index contributed by atoms with van der Waals surface area (Å²) < 4.78 is 3.10. The first-order valence-electron chi connectivity index (χ1n) is 5.79. The molecule has 2 rings (SSSR count). The second kappa shape index (κ2) is 5.45. The fraction of sp³-hybridized carbons (Fsp3) is 0.308. The summed E-state index contributed by atoms with van der Waals surface area (Å²) in [5, 5.41) is 0.621. The molecule has 7 heteroatoms. The van der Waals surface area contributed by atoms with E-state index >= 15 is 0 Å². The zero-order chi connectivity index (χ0) is 15.1. The number of benzene rings is 1. The Morgan fingerprint density at radius 3 is 2.60 bits per heavy atom. The summed E-state index contributed by atoms with van der Waals surface area (Å²) in [5.41, 5.74) is 8.49. The Morgan fingerprint density at radius 2 is 2.05 bits per heavy atom. The first-order valence-corrected chi connectivity index (χ1v) is 6.92. The van der Waals surface area contributed by atoms with Crippen molar-refractivity contribution in [2.45, 2.75) is 16.8 Å². The Bertz CT molecular complexity index is 661. The molecule has 0 radical (unpaired) electrons. The maximum atomic E-state index is 11.9. The molecule has 0 aliphatic heterocycles. The molecule has 3 N–H and O–H groups in total. The largest absolute Gasteiger partial charge is 0.465 e. The Balaban J connectivity index is 2.77. The van der Waals surface area contributed by atoms with Crippen LogP contribution in [0.5, 0.6) is 0 Å². The van der Waals surface area contributed by atoms with E-state index < -0.39 is 15.8 Å². The van der Waals surface area contributed by atoms with Gasteiger partial charge in [-0.1, -0.05) is 40.9 Å². The van der Waals surface area contributed by atoms with Crippen LogP contribution >= 0.6 is 34.8 Å². The molecule has 1 aromatic heterocycles. The summed E-state index contributed by atoms with van der Waals surface area (Å²) >= 11 is 17.7. The van der Waals surface area contributed by atoms with Gasteiger partial charge in [-0.15, -0.1) is 0 Å². The minimum atomic E-state index is -1.68. The third-order valence-electron chi connectivity index (χ3n) is 3.13. The highest BCUT2D eigenvalue weighted by atomic mass is 35.6. The monoisotopic (exact) mass is 334 g/mol. The summed E-state index contributed by atoms with van der Waals surface area (Å²) in [6, 6.07) is 4.35. The lowest BCUT2D eigenvalue weighted by Crippen LogP contribution is -2.26. The first-order chi connectivity index (χ1) is 9.27. The van der Waals surface area contributed by atoms with Crippen molar-refractivity contribution in [3.63, 3.8) is 0 Å². The van der Waals surface area contributed by atoms with Crippen LogP contribution in [-0.2, 0) is 4.74 Å². The van der Waals surface area contributed by atoms with Gasteiger partial charge < -0.3 is 15.5 Å². The number of halogens is 3. The molecular formula is C13H13Cl3N2O2. The second-order valence-electron chi connectivity index (χ2n) is 4.40. The fourth-order valence-corrected chi connectivity index (χ4v) is 2.56. The van der Waals surface area contributed by atoms with E-state index in [1.54, 1.807) is 12.1 Å². The number of esters is 1. The van der Waals surface area contributed by atoms with Gasteiger partial charge in [0.05, 0.1) is 18.7 Å². The highest BCUT2D eigenvalue weighted by Crippen LogP contribution is 2.42. The van der Waals surface area contributed by atoms with E-state index in [-0.39, 0.29) is 0 Å². The number of methoxy groups -OCH3 is 1. The lowest BCUT2D eigenvalue weighted by atomic mass is 10.0. The van der Waals surface area contributed by atoms with E-state index in [1.807, 2.05) is 13.0 Å². The molecule has 1 unspecified atom stereocenters. The molecule has 20 heavy (non-hydrogen) atoms. The van der Waals surface area contributed by atoms with Crippen LogP contribution in [-0.4, -0.2) is 21.9 Å². The predicted molar refractivity (Wildman–Crippen MR) is 81.6 cm³/mol. The van der Waals surface area contributed by atoms with Crippen LogP contribution in [0.25, 0.3) is 10.9 Å². The van der Waals surface area contributed by atoms with Crippen molar-refractivity contribution in [3.8, 4) is 0 Å². The van der Waals surface area contributed by atoms with Gasteiger partial charge in [0.25, 0.3) is 0 Å². The number of alkyl halides is 3. The summed E-state index contributed by atoms with van der Waals surface area (Å²) in [4.78, 5) is 15.0. The Hall–Kier alpha value is -0.940. The van der Waals surface area contributed by atoms with Crippen LogP contribution in [0.15, 0.2) is 18.2 Å². The molecule has 1 aromatic carbocycles. The number of H-pyrrole nitrogens is 1. The van der Waals surface area contributed by atoms with E-state index in [1.165, 1.54) is 7.11 Å². The number of aromatic amines is 1. The fourth-order valence-electron chi connectivity index (χ4n) is 2.24. The van der Waals surface area contributed by atoms with Gasteiger partial charge in [-0.3, -0.25) is 0 Å². The average molecular weight is 336 g/mol. The van der Waals surface area contributed by atoms with Crippen LogP contribution in [0.1, 0.15) is 27.7 Å². The summed E-state index contributed by atoms with van der Waals surface area (Å²) in [6.45, 7) is 1.81. The zero-order valence-corrected chi connectivity index (χ0v) is 13.1. The van der Waals surface area contributed by atoms with Crippen LogP contribution < -0.4 is 5.73 Å². The zero-order valence-electron chi connectivity index (χ0n) is 10.8. The third-order valence-corrected chi connectivity index (χ3v) is 3.83. The number of carbonyl (C=O) groups excluding carboxylic acids is 1. The highest BCUT2D eigenvalue weighted by molar-refractivity contribution is 6.68. The van der Waals surface area contributed by atoms with E-state index in [4.69, 9.17) is 45.3 Å². The number of hydrogen-bond acceptors (Lipinski definition) is 3. The average Bonchev–Trinajstić information content (AvgIpc) is 2.71. The molecule has 0 aliphatic carbocycles. The molecule has 0 spiro atoms. The number of fused-ring (bicyclic) bond motifs is 1. The van der Waals surface area contributed by atoms with E-state index in [2.05, 4.69) is 4.98 Å². The molecule has 1 heterocycles. The highest BCUT2D eigenvalue weighted by Gasteiger charge is 2.34. The van der Waals surface area contributed by atoms with Crippen LogP contribution in [0, 0.1) is 6.92 Å². The number of carbonyl (C=O) groups is 1. The van der Waals surface area contributed by atoms with Crippen LogP contribution in [0.3, 0.4) is 0 Å². The SMILES string of the molecule is COC(=O)c1cccc2[nH]c(C)c(C(N)C(Cl)(Cl)Cl)c12. The predicted octanol–water partition coefficient (Wildman–Crippen LogP) is 3.63. The van der Waals surface area contributed by atoms with Gasteiger partial charge in [0.15, 0.2) is 0 Å². The molecule has 0 aliphatic rings. The molecule has 2 aromatic rings. The smallest absolute Gasteiger partial charge is 0.338 e. The minimum Gasteiger partial charge on any atom is -0.465 e. The number of ether oxygens (including phenoxy) is 1. The molecule has 1 atom stereocenters. The van der Waals surface area contributed by atoms with Gasteiger partial charge in [-0.05, 0) is 19.1 Å². The second-order valence-corrected chi connectivity index (χ2v) is 6.77. The molecule has 0 amide bonds. The standard InChI is InChI=1S/C13H13Cl3N2O2/c1-6-9(11(17)13(14,15)16)10-7(12(19)20-2)4-3-5-8(10)18-6/h3-5,11,18H,17H2,1-2H3. The summed E-state index contributed by atoms with van der Waals surface area (Å²) in [5.74, 6) is -0.465. The third kappa shape index (κ3) is 2.61. The van der Waals surface area contributed by atoms with Crippen molar-refractivity contribution >= 4 is 51.7 Å². The molecule has 4 nitrogen and oxygen atoms in total. The van der Waals surface area contributed by atoms with Gasteiger partial charge >= 0.3 is 5.97 Å². The quantitative estimate of drug-likeness (QED) is 0.650. The van der Waals surface area contributed by atoms with Crippen molar-refractivity contribution in [2.24, 2.45) is 5.73 Å². The van der Waals surface area contributed by atoms with Gasteiger partial charge in [-0.25, -0.2) is 4.79 Å². The maximum Gasteiger partial charge on any atom is 0.338 e. The van der Waals surface area contributed by atoms with Gasteiger partial charge in [0.1, 0.15) is 0 Å². The number of rotatable bonds is 2. The number of aryl methyl sites for hydroxylation is 1. The molecule has 0 saturated heterocycles. The molecule has 0 saturated carbocycles. The van der Waals surface area contributed by atoms with Crippen LogP contribution in [0.2, 0.25) is 0 Å². The normalized spacial score (nSPS) is 13.5. The van der Waals surface area contributed by atoms with Gasteiger partial charge in [-0.2, -0.15) is 0 Å². The Morgan fingerprint density at radius 1 is 1.40 bits per heavy atom. The Kier molecular flexibility index (Phi) is 4.21. The molecular weight excluding hydrogens is 323 g/mol. The van der Waals surface area contributed by atoms with Crippen LogP contribution in [0.4, 0.5) is 0 Å². The number of nitrogens with one attached hydrogen (secondary N) is 1. The first kappa shape index (κ1) is 15.4. The molecule has 0 fully saturated rings. The van der Waals surface area contributed by atoms with E-state index in [0.29, 0.717) is 16.5 Å². The van der Waals surface area contributed by atoms with Crippen molar-refractivity contribution in [3.05, 3.63) is 35.0 Å². The van der Waals surface area contributed by atoms with Gasteiger partial charge in [0.2, 0.25) is 3.79 Å². The Labute approximate surface area is 131 Å². The number of hydrogen-bond donors (Lipinski definition) is 2. The maximum absolute atomic E-state index is 11.9.